The van der Waals surface area contributed by atoms with Gasteiger partial charge in [-0.05, 0) is 35.2 Å². The van der Waals surface area contributed by atoms with Crippen LogP contribution < -0.4 is 5.32 Å². The zero-order valence-corrected chi connectivity index (χ0v) is 17.7. The van der Waals surface area contributed by atoms with E-state index in [1.807, 2.05) is 23.1 Å². The normalized spacial score (nSPS) is 18.1. The third-order valence-electron chi connectivity index (χ3n) is 5.96. The lowest BCUT2D eigenvalue weighted by molar-refractivity contribution is -0.0544. The van der Waals surface area contributed by atoms with Crippen LogP contribution in [0.15, 0.2) is 53.7 Å². The molecule has 2 aromatic rings. The quantitative estimate of drug-likeness (QED) is 0.730. The number of hydrogen-bond acceptors (Lipinski definition) is 3. The predicted molar refractivity (Wildman–Crippen MR) is 116 cm³/mol. The third-order valence-corrected chi connectivity index (χ3v) is 5.96. The van der Waals surface area contributed by atoms with Crippen molar-refractivity contribution in [2.75, 3.05) is 18.4 Å². The Kier molecular flexibility index (Phi) is 5.26. The molecule has 4 rings (SSSR count). The lowest BCUT2D eigenvalue weighted by Gasteiger charge is -2.37. The fraction of sp³-hybridized carbons (Fsp3) is 0.417. The maximum absolute atomic E-state index is 13.5. The maximum Gasteiger partial charge on any atom is 0.321 e. The van der Waals surface area contributed by atoms with Crippen molar-refractivity contribution in [1.29, 1.82) is 0 Å². The summed E-state index contributed by atoms with van der Waals surface area (Å²) >= 11 is 0. The molecule has 0 aromatic heterocycles. The van der Waals surface area contributed by atoms with Gasteiger partial charge in [0.1, 0.15) is 11.4 Å². The second-order valence-corrected chi connectivity index (χ2v) is 9.24. The highest BCUT2D eigenvalue weighted by molar-refractivity contribution is 6.01. The van der Waals surface area contributed by atoms with E-state index in [1.54, 1.807) is 6.07 Å². The number of carbonyl (C=O) groups is 1. The number of amides is 2. The molecule has 0 unspecified atom stereocenters. The SMILES string of the molecule is CC(C)(C)c1ccc(NC(=O)N2CCC3(CC2)CC(c2cccc(F)c2)=NO3)cc1. The van der Waals surface area contributed by atoms with Gasteiger partial charge < -0.3 is 15.1 Å². The van der Waals surface area contributed by atoms with Crippen molar-refractivity contribution >= 4 is 17.4 Å². The molecule has 2 aromatic carbocycles. The molecule has 0 saturated carbocycles. The van der Waals surface area contributed by atoms with Crippen LogP contribution in [0.3, 0.4) is 0 Å². The van der Waals surface area contributed by atoms with Gasteiger partial charge in [-0.25, -0.2) is 9.18 Å². The Morgan fingerprint density at radius 2 is 1.83 bits per heavy atom. The number of nitrogens with one attached hydrogen (secondary N) is 1. The Bertz CT molecular complexity index is 955. The number of urea groups is 1. The van der Waals surface area contributed by atoms with E-state index in [-0.39, 0.29) is 17.3 Å². The summed E-state index contributed by atoms with van der Waals surface area (Å²) in [6, 6.07) is 14.3. The summed E-state index contributed by atoms with van der Waals surface area (Å²) in [6.07, 6.45) is 2.04. The number of likely N-dealkylation sites (tertiary alicyclic amines) is 1. The molecule has 0 radical (unpaired) electrons. The molecule has 2 aliphatic heterocycles. The average molecular weight is 410 g/mol. The molecule has 1 saturated heterocycles. The minimum absolute atomic E-state index is 0.0808. The van der Waals surface area contributed by atoms with Crippen molar-refractivity contribution < 1.29 is 14.0 Å². The van der Waals surface area contributed by atoms with Crippen LogP contribution in [-0.4, -0.2) is 35.3 Å². The number of halogens is 1. The van der Waals surface area contributed by atoms with E-state index >= 15 is 0 Å². The first-order valence-corrected chi connectivity index (χ1v) is 10.4. The van der Waals surface area contributed by atoms with Gasteiger partial charge in [0, 0.05) is 43.6 Å². The number of nitrogens with zero attached hydrogens (tertiary/aromatic N) is 2. The zero-order valence-electron chi connectivity index (χ0n) is 17.7. The van der Waals surface area contributed by atoms with Gasteiger partial charge >= 0.3 is 6.03 Å². The van der Waals surface area contributed by atoms with Gasteiger partial charge in [-0.2, -0.15) is 0 Å². The van der Waals surface area contributed by atoms with Crippen molar-refractivity contribution in [2.45, 2.75) is 51.0 Å². The summed E-state index contributed by atoms with van der Waals surface area (Å²) in [4.78, 5) is 20.3. The standard InChI is InChI=1S/C24H28FN3O2/c1-23(2,3)18-7-9-20(10-8-18)26-22(29)28-13-11-24(12-14-28)16-21(27-30-24)17-5-4-6-19(25)15-17/h4-10,15H,11-14,16H2,1-3H3,(H,26,29). The molecule has 30 heavy (non-hydrogen) atoms. The molecule has 2 aliphatic rings. The molecule has 0 atom stereocenters. The second kappa shape index (κ2) is 7.74. The summed E-state index contributed by atoms with van der Waals surface area (Å²) in [5.74, 6) is -0.279. The highest BCUT2D eigenvalue weighted by atomic mass is 19.1. The summed E-state index contributed by atoms with van der Waals surface area (Å²) < 4.78 is 13.5. The number of piperidine rings is 1. The highest BCUT2D eigenvalue weighted by Crippen LogP contribution is 2.36. The summed E-state index contributed by atoms with van der Waals surface area (Å²) in [6.45, 7) is 7.69. The van der Waals surface area contributed by atoms with Crippen molar-refractivity contribution in [3.63, 3.8) is 0 Å². The number of hydrogen-bond donors (Lipinski definition) is 1. The molecule has 0 bridgehead atoms. The smallest absolute Gasteiger partial charge is 0.321 e. The van der Waals surface area contributed by atoms with Gasteiger partial charge in [-0.3, -0.25) is 0 Å². The lowest BCUT2D eigenvalue weighted by atomic mass is 9.85. The van der Waals surface area contributed by atoms with Crippen LogP contribution in [0.1, 0.15) is 51.2 Å². The number of carbonyl (C=O) groups excluding carboxylic acids is 1. The number of rotatable bonds is 2. The molecule has 5 nitrogen and oxygen atoms in total. The first-order valence-electron chi connectivity index (χ1n) is 10.4. The molecule has 2 heterocycles. The van der Waals surface area contributed by atoms with Crippen molar-refractivity contribution in [1.82, 2.24) is 4.90 Å². The first kappa shape index (κ1) is 20.4. The fourth-order valence-electron chi connectivity index (χ4n) is 3.99. The summed E-state index contributed by atoms with van der Waals surface area (Å²) in [5, 5.41) is 7.21. The van der Waals surface area contributed by atoms with E-state index in [2.05, 4.69) is 43.4 Å². The van der Waals surface area contributed by atoms with Gasteiger partial charge in [0.2, 0.25) is 0 Å². The number of oxime groups is 1. The van der Waals surface area contributed by atoms with Gasteiger partial charge in [0.25, 0.3) is 0 Å². The van der Waals surface area contributed by atoms with Gasteiger partial charge in [0.15, 0.2) is 0 Å². The Morgan fingerprint density at radius 3 is 2.47 bits per heavy atom. The summed E-state index contributed by atoms with van der Waals surface area (Å²) in [7, 11) is 0. The van der Waals surface area contributed by atoms with Crippen molar-refractivity contribution in [3.8, 4) is 0 Å². The van der Waals surface area contributed by atoms with E-state index in [0.717, 1.165) is 17.0 Å². The van der Waals surface area contributed by atoms with E-state index in [0.29, 0.717) is 32.4 Å². The van der Waals surface area contributed by atoms with E-state index in [4.69, 9.17) is 4.84 Å². The van der Waals surface area contributed by atoms with Gasteiger partial charge in [0.05, 0.1) is 5.71 Å². The Hall–Kier alpha value is -2.89. The molecule has 2 amide bonds. The van der Waals surface area contributed by atoms with Crippen molar-refractivity contribution in [2.24, 2.45) is 5.16 Å². The molecule has 0 aliphatic carbocycles. The number of benzene rings is 2. The average Bonchev–Trinajstić information content (AvgIpc) is 3.12. The topological polar surface area (TPSA) is 53.9 Å². The van der Waals surface area contributed by atoms with Gasteiger partial charge in [-0.15, -0.1) is 0 Å². The lowest BCUT2D eigenvalue weighted by Crippen LogP contribution is -2.48. The van der Waals surface area contributed by atoms with E-state index < -0.39 is 5.60 Å². The largest absolute Gasteiger partial charge is 0.388 e. The van der Waals surface area contributed by atoms with Crippen LogP contribution in [0.25, 0.3) is 0 Å². The number of anilines is 1. The van der Waals surface area contributed by atoms with Crippen molar-refractivity contribution in [3.05, 3.63) is 65.5 Å². The monoisotopic (exact) mass is 409 g/mol. The minimum atomic E-state index is -0.396. The molecular weight excluding hydrogens is 381 g/mol. The van der Waals surface area contributed by atoms with Crippen LogP contribution in [0.2, 0.25) is 0 Å². The van der Waals surface area contributed by atoms with Crippen LogP contribution in [0, 0.1) is 5.82 Å². The van der Waals surface area contributed by atoms with Crippen LogP contribution >= 0.6 is 0 Å². The highest BCUT2D eigenvalue weighted by Gasteiger charge is 2.43. The molecule has 1 fully saturated rings. The second-order valence-electron chi connectivity index (χ2n) is 9.24. The summed E-state index contributed by atoms with van der Waals surface area (Å²) in [5.41, 5.74) is 3.23. The van der Waals surface area contributed by atoms with Crippen LogP contribution in [-0.2, 0) is 10.3 Å². The third kappa shape index (κ3) is 4.32. The van der Waals surface area contributed by atoms with E-state index in [9.17, 15) is 9.18 Å². The van der Waals surface area contributed by atoms with Crippen LogP contribution in [0.4, 0.5) is 14.9 Å². The minimum Gasteiger partial charge on any atom is -0.388 e. The maximum atomic E-state index is 13.5. The first-order chi connectivity index (χ1) is 14.2. The molecule has 6 heteroatoms. The van der Waals surface area contributed by atoms with Gasteiger partial charge in [-0.1, -0.05) is 50.2 Å². The van der Waals surface area contributed by atoms with Crippen LogP contribution in [0.5, 0.6) is 0 Å². The Morgan fingerprint density at radius 1 is 1.13 bits per heavy atom. The molecular formula is C24H28FN3O2. The molecule has 158 valence electrons. The predicted octanol–water partition coefficient (Wildman–Crippen LogP) is 5.31. The zero-order chi connectivity index (χ0) is 21.4. The van der Waals surface area contributed by atoms with E-state index in [1.165, 1.54) is 17.7 Å². The molecule has 1 N–H and O–H groups in total. The fourth-order valence-corrected chi connectivity index (χ4v) is 3.99. The molecule has 1 spiro atoms. The Labute approximate surface area is 176 Å². The Balaban J connectivity index is 1.32.